The molecule has 0 saturated heterocycles. The number of anilines is 1. The summed E-state index contributed by atoms with van der Waals surface area (Å²) in [5.41, 5.74) is 10.9. The van der Waals surface area contributed by atoms with Gasteiger partial charge in [0, 0.05) is 17.7 Å². The molecule has 1 atom stereocenters. The minimum atomic E-state index is -0.132. The number of nitrogens with two attached hydrogens (primary N) is 1. The highest BCUT2D eigenvalue weighted by molar-refractivity contribution is 6.04. The number of fused-ring (bicyclic) bond motifs is 1. The molecule has 5 nitrogen and oxygen atoms in total. The van der Waals surface area contributed by atoms with Crippen LogP contribution in [0.3, 0.4) is 0 Å². The lowest BCUT2D eigenvalue weighted by molar-refractivity contribution is 0.102. The third-order valence-electron chi connectivity index (χ3n) is 5.30. The average molecular weight is 360 g/mol. The number of nitrogens with one attached hydrogen (secondary N) is 1. The van der Waals surface area contributed by atoms with Gasteiger partial charge in [-0.05, 0) is 55.0 Å². The number of hydrogen-bond donors (Lipinski definition) is 2. The van der Waals surface area contributed by atoms with Crippen molar-refractivity contribution in [2.75, 3.05) is 5.32 Å². The van der Waals surface area contributed by atoms with E-state index >= 15 is 0 Å². The van der Waals surface area contributed by atoms with Gasteiger partial charge < -0.3 is 11.1 Å². The third kappa shape index (κ3) is 3.38. The van der Waals surface area contributed by atoms with Crippen LogP contribution >= 0.6 is 0 Å². The second-order valence-corrected chi connectivity index (χ2v) is 7.08. The normalized spacial score (nSPS) is 16.0. The number of aryl methyl sites for hydroxylation is 2. The van der Waals surface area contributed by atoms with Gasteiger partial charge in [-0.1, -0.05) is 36.4 Å². The van der Waals surface area contributed by atoms with E-state index in [1.165, 1.54) is 11.1 Å². The molecule has 1 aromatic heterocycles. The van der Waals surface area contributed by atoms with E-state index in [-0.39, 0.29) is 11.9 Å². The molecule has 1 heterocycles. The van der Waals surface area contributed by atoms with Crippen molar-refractivity contribution in [3.8, 4) is 0 Å². The fraction of sp³-hybridized carbons (Fsp3) is 0.273. The van der Waals surface area contributed by atoms with Gasteiger partial charge in [0.15, 0.2) is 0 Å². The molecule has 2 aromatic carbocycles. The second kappa shape index (κ2) is 7.37. The Balaban J connectivity index is 1.64. The van der Waals surface area contributed by atoms with Crippen LogP contribution in [-0.4, -0.2) is 15.7 Å². The van der Waals surface area contributed by atoms with Crippen LogP contribution in [0.4, 0.5) is 5.82 Å². The van der Waals surface area contributed by atoms with E-state index < -0.39 is 0 Å². The summed E-state index contributed by atoms with van der Waals surface area (Å²) in [5, 5.41) is 7.67. The molecule has 0 spiro atoms. The Morgan fingerprint density at radius 3 is 2.78 bits per heavy atom. The molecule has 0 fully saturated rings. The molecule has 0 saturated carbocycles. The second-order valence-electron chi connectivity index (χ2n) is 7.08. The first kappa shape index (κ1) is 17.5. The van der Waals surface area contributed by atoms with Gasteiger partial charge in [0.05, 0.1) is 12.2 Å². The van der Waals surface area contributed by atoms with Crippen molar-refractivity contribution in [1.29, 1.82) is 0 Å². The number of rotatable bonds is 4. The van der Waals surface area contributed by atoms with Crippen molar-refractivity contribution < 1.29 is 4.79 Å². The van der Waals surface area contributed by atoms with E-state index in [1.807, 2.05) is 42.1 Å². The van der Waals surface area contributed by atoms with Gasteiger partial charge in [0.2, 0.25) is 0 Å². The zero-order valence-corrected chi connectivity index (χ0v) is 15.5. The molecule has 1 aliphatic carbocycles. The first-order chi connectivity index (χ1) is 13.2. The lowest BCUT2D eigenvalue weighted by Crippen LogP contribution is -2.22. The van der Waals surface area contributed by atoms with Crippen LogP contribution in [-0.2, 0) is 13.0 Å². The van der Waals surface area contributed by atoms with E-state index in [9.17, 15) is 4.79 Å². The summed E-state index contributed by atoms with van der Waals surface area (Å²) in [6.45, 7) is 2.44. The fourth-order valence-corrected chi connectivity index (χ4v) is 3.79. The maximum absolute atomic E-state index is 12.8. The molecule has 0 aliphatic heterocycles. The molecule has 1 unspecified atom stereocenters. The Bertz CT molecular complexity index is 959. The zero-order valence-electron chi connectivity index (χ0n) is 15.5. The number of nitrogens with zero attached hydrogens (tertiary/aromatic N) is 2. The zero-order chi connectivity index (χ0) is 18.8. The first-order valence-electron chi connectivity index (χ1n) is 9.39. The minimum absolute atomic E-state index is 0.132. The summed E-state index contributed by atoms with van der Waals surface area (Å²) >= 11 is 0. The highest BCUT2D eigenvalue weighted by atomic mass is 16.1. The quantitative estimate of drug-likeness (QED) is 0.743. The van der Waals surface area contributed by atoms with Crippen molar-refractivity contribution in [2.45, 2.75) is 38.8 Å². The molecule has 1 amide bonds. The fourth-order valence-electron chi connectivity index (χ4n) is 3.79. The maximum atomic E-state index is 12.8. The van der Waals surface area contributed by atoms with Crippen LogP contribution in [0.5, 0.6) is 0 Å². The molecule has 3 N–H and O–H groups in total. The smallest absolute Gasteiger partial charge is 0.256 e. The Kier molecular flexibility index (Phi) is 4.77. The topological polar surface area (TPSA) is 72.9 Å². The van der Waals surface area contributed by atoms with E-state index in [4.69, 9.17) is 5.73 Å². The minimum Gasteiger partial charge on any atom is -0.326 e. The largest absolute Gasteiger partial charge is 0.326 e. The van der Waals surface area contributed by atoms with Crippen LogP contribution in [0.25, 0.3) is 0 Å². The summed E-state index contributed by atoms with van der Waals surface area (Å²) in [6.07, 6.45) is 5.06. The van der Waals surface area contributed by atoms with E-state index in [0.29, 0.717) is 12.1 Å². The van der Waals surface area contributed by atoms with Crippen molar-refractivity contribution in [3.05, 3.63) is 82.5 Å². The number of amides is 1. The standard InChI is InChI=1S/C22H24N4O/c1-15-14-24-26(20-8-4-6-17-5-2-3-7-19(17)20)21(15)25-22(27)18-11-9-16(13-23)10-12-18/h2-3,5,7,9-12,14,20H,4,6,8,13,23H2,1H3,(H,25,27). The van der Waals surface area contributed by atoms with Crippen LogP contribution in [0, 0.1) is 6.92 Å². The predicted molar refractivity (Wildman–Crippen MR) is 107 cm³/mol. The summed E-state index contributed by atoms with van der Waals surface area (Å²) in [6, 6.07) is 16.1. The molecular formula is C22H24N4O. The number of aromatic nitrogens is 2. The SMILES string of the molecule is Cc1cnn(C2CCCc3ccccc32)c1NC(=O)c1ccc(CN)cc1. The molecule has 0 radical (unpaired) electrons. The summed E-state index contributed by atoms with van der Waals surface area (Å²) in [7, 11) is 0. The molecular weight excluding hydrogens is 336 g/mol. The molecule has 0 bridgehead atoms. The van der Waals surface area contributed by atoms with Crippen LogP contribution in [0.2, 0.25) is 0 Å². The lowest BCUT2D eigenvalue weighted by atomic mass is 9.88. The van der Waals surface area contributed by atoms with Gasteiger partial charge in [0.1, 0.15) is 5.82 Å². The van der Waals surface area contributed by atoms with Gasteiger partial charge in [0.25, 0.3) is 5.91 Å². The number of carbonyl (C=O) groups excluding carboxylic acids is 1. The summed E-state index contributed by atoms with van der Waals surface area (Å²) in [4.78, 5) is 12.8. The highest BCUT2D eigenvalue weighted by Gasteiger charge is 2.25. The predicted octanol–water partition coefficient (Wildman–Crippen LogP) is 3.83. The van der Waals surface area contributed by atoms with Crippen molar-refractivity contribution in [3.63, 3.8) is 0 Å². The molecule has 4 rings (SSSR count). The van der Waals surface area contributed by atoms with Gasteiger partial charge in [-0.3, -0.25) is 4.79 Å². The molecule has 1 aliphatic rings. The first-order valence-corrected chi connectivity index (χ1v) is 9.39. The molecule has 3 aromatic rings. The summed E-state index contributed by atoms with van der Waals surface area (Å²) in [5.74, 6) is 0.636. The molecule has 138 valence electrons. The van der Waals surface area contributed by atoms with Gasteiger partial charge in [-0.25, -0.2) is 4.68 Å². The Morgan fingerprint density at radius 2 is 2.00 bits per heavy atom. The molecule has 5 heteroatoms. The van der Waals surface area contributed by atoms with E-state index in [2.05, 4.69) is 34.7 Å². The number of hydrogen-bond acceptors (Lipinski definition) is 3. The number of carbonyl (C=O) groups is 1. The van der Waals surface area contributed by atoms with Crippen molar-refractivity contribution in [1.82, 2.24) is 9.78 Å². The van der Waals surface area contributed by atoms with E-state index in [0.717, 1.165) is 36.2 Å². The van der Waals surface area contributed by atoms with Crippen molar-refractivity contribution >= 4 is 11.7 Å². The Morgan fingerprint density at radius 1 is 1.22 bits per heavy atom. The average Bonchev–Trinajstić information content (AvgIpc) is 3.07. The Labute approximate surface area is 159 Å². The Hall–Kier alpha value is -2.92. The van der Waals surface area contributed by atoms with Gasteiger partial charge in [-0.15, -0.1) is 0 Å². The van der Waals surface area contributed by atoms with Crippen LogP contribution in [0.1, 0.15) is 51.5 Å². The monoisotopic (exact) mass is 360 g/mol. The van der Waals surface area contributed by atoms with E-state index in [1.54, 1.807) is 0 Å². The molecule has 27 heavy (non-hydrogen) atoms. The van der Waals surface area contributed by atoms with Crippen molar-refractivity contribution in [2.24, 2.45) is 5.73 Å². The maximum Gasteiger partial charge on any atom is 0.256 e. The lowest BCUT2D eigenvalue weighted by Gasteiger charge is -2.27. The van der Waals surface area contributed by atoms with Gasteiger partial charge >= 0.3 is 0 Å². The van der Waals surface area contributed by atoms with Gasteiger partial charge in [-0.2, -0.15) is 5.10 Å². The van der Waals surface area contributed by atoms with Crippen LogP contribution in [0.15, 0.2) is 54.7 Å². The third-order valence-corrected chi connectivity index (χ3v) is 5.30. The van der Waals surface area contributed by atoms with Crippen LogP contribution < -0.4 is 11.1 Å². The number of benzene rings is 2. The highest BCUT2D eigenvalue weighted by Crippen LogP contribution is 2.35. The summed E-state index contributed by atoms with van der Waals surface area (Å²) < 4.78 is 1.97.